The largest absolute Gasteiger partial charge is 0.317 e. The van der Waals surface area contributed by atoms with Crippen molar-refractivity contribution in [2.45, 2.75) is 42.7 Å². The Bertz CT molecular complexity index is 1350. The highest BCUT2D eigenvalue weighted by atomic mass is 35.5. The highest BCUT2D eigenvalue weighted by Crippen LogP contribution is 2.24. The van der Waals surface area contributed by atoms with E-state index in [0.717, 1.165) is 0 Å². The Labute approximate surface area is 206 Å². The topological polar surface area (TPSA) is 89.3 Å². The van der Waals surface area contributed by atoms with Crippen LogP contribution in [0.2, 0.25) is 5.02 Å². The number of sulfone groups is 1. The van der Waals surface area contributed by atoms with Crippen LogP contribution in [0.5, 0.6) is 0 Å². The first-order valence-corrected chi connectivity index (χ1v) is 14.2. The van der Waals surface area contributed by atoms with Gasteiger partial charge in [0, 0.05) is 18.1 Å². The molecule has 0 atom stereocenters. The summed E-state index contributed by atoms with van der Waals surface area (Å²) in [5.41, 5.74) is 1.04. The van der Waals surface area contributed by atoms with E-state index in [9.17, 15) is 16.8 Å². The fraction of sp³-hybridized carbons (Fsp3) is 0.292. The molecule has 2 aromatic carbocycles. The van der Waals surface area contributed by atoms with Gasteiger partial charge in [-0.25, -0.2) is 21.8 Å². The molecular formula is C24H28ClN3O4S2. The van der Waals surface area contributed by atoms with Crippen LogP contribution < -0.4 is 0 Å². The standard InChI is InChI=1S/C24H28ClN3O4S2/c1-4-13-27(34(31,32)23-11-6-5-7-12-23)17-22-15-26-24(28(22)16-19(2)3)33(29,30)18-20-9-8-10-21(25)14-20/h4-12,14-15,19H,1,13,16-18H2,2-3H3. The number of aromatic nitrogens is 2. The van der Waals surface area contributed by atoms with Crippen LogP contribution in [0.3, 0.4) is 0 Å². The van der Waals surface area contributed by atoms with E-state index in [-0.39, 0.29) is 34.8 Å². The molecule has 0 saturated heterocycles. The van der Waals surface area contributed by atoms with Crippen molar-refractivity contribution in [2.24, 2.45) is 5.92 Å². The van der Waals surface area contributed by atoms with Gasteiger partial charge in [-0.15, -0.1) is 6.58 Å². The second-order valence-corrected chi connectivity index (χ2v) is 12.6. The third kappa shape index (κ3) is 6.15. The van der Waals surface area contributed by atoms with Gasteiger partial charge < -0.3 is 4.57 Å². The number of hydrogen-bond acceptors (Lipinski definition) is 5. The zero-order valence-corrected chi connectivity index (χ0v) is 21.5. The summed E-state index contributed by atoms with van der Waals surface area (Å²) < 4.78 is 55.9. The molecule has 34 heavy (non-hydrogen) atoms. The molecule has 0 aliphatic carbocycles. The van der Waals surface area contributed by atoms with Gasteiger partial charge in [-0.1, -0.05) is 61.9 Å². The molecule has 0 radical (unpaired) electrons. The smallest absolute Gasteiger partial charge is 0.243 e. The van der Waals surface area contributed by atoms with Crippen LogP contribution in [0, 0.1) is 5.92 Å². The molecule has 0 saturated carbocycles. The second kappa shape index (κ2) is 10.9. The van der Waals surface area contributed by atoms with Gasteiger partial charge in [-0.3, -0.25) is 0 Å². The molecule has 0 unspecified atom stereocenters. The fourth-order valence-electron chi connectivity index (χ4n) is 3.55. The van der Waals surface area contributed by atoms with E-state index < -0.39 is 19.9 Å². The maximum Gasteiger partial charge on any atom is 0.243 e. The monoisotopic (exact) mass is 521 g/mol. The van der Waals surface area contributed by atoms with Gasteiger partial charge in [0.2, 0.25) is 25.0 Å². The van der Waals surface area contributed by atoms with Crippen molar-refractivity contribution in [3.8, 4) is 0 Å². The van der Waals surface area contributed by atoms with E-state index in [0.29, 0.717) is 22.8 Å². The predicted octanol–water partition coefficient (Wildman–Crippen LogP) is 4.54. The minimum atomic E-state index is -3.83. The molecule has 1 heterocycles. The number of sulfonamides is 1. The lowest BCUT2D eigenvalue weighted by Gasteiger charge is -2.22. The van der Waals surface area contributed by atoms with Crippen molar-refractivity contribution in [3.63, 3.8) is 0 Å². The maximum absolute atomic E-state index is 13.3. The van der Waals surface area contributed by atoms with E-state index in [1.54, 1.807) is 47.0 Å². The molecule has 0 spiro atoms. The predicted molar refractivity (Wildman–Crippen MR) is 134 cm³/mol. The number of imidazole rings is 1. The molecule has 1 aromatic heterocycles. The first-order valence-electron chi connectivity index (χ1n) is 10.7. The first kappa shape index (κ1) is 26.2. The quantitative estimate of drug-likeness (QED) is 0.345. The van der Waals surface area contributed by atoms with Crippen LogP contribution >= 0.6 is 11.6 Å². The lowest BCUT2D eigenvalue weighted by Crippen LogP contribution is -2.32. The fourth-order valence-corrected chi connectivity index (χ4v) is 6.66. The van der Waals surface area contributed by atoms with E-state index >= 15 is 0 Å². The SMILES string of the molecule is C=CCN(Cc1cnc(S(=O)(=O)Cc2cccc(Cl)c2)n1CC(C)C)S(=O)(=O)c1ccccc1. The zero-order chi connectivity index (χ0) is 24.9. The average Bonchev–Trinajstić information content (AvgIpc) is 3.16. The first-order chi connectivity index (χ1) is 16.0. The molecule has 0 bridgehead atoms. The van der Waals surface area contributed by atoms with Gasteiger partial charge in [0.1, 0.15) is 0 Å². The van der Waals surface area contributed by atoms with Gasteiger partial charge in [-0.2, -0.15) is 4.31 Å². The van der Waals surface area contributed by atoms with Gasteiger partial charge >= 0.3 is 0 Å². The number of rotatable bonds is 11. The van der Waals surface area contributed by atoms with Crippen molar-refractivity contribution in [3.05, 3.63) is 89.7 Å². The Morgan fingerprint density at radius 2 is 1.79 bits per heavy atom. The van der Waals surface area contributed by atoms with E-state index in [2.05, 4.69) is 11.6 Å². The van der Waals surface area contributed by atoms with Crippen LogP contribution in [0.25, 0.3) is 0 Å². The van der Waals surface area contributed by atoms with Crippen LogP contribution in [-0.4, -0.2) is 37.2 Å². The summed E-state index contributed by atoms with van der Waals surface area (Å²) in [7, 11) is -7.65. The van der Waals surface area contributed by atoms with Crippen molar-refractivity contribution >= 4 is 31.5 Å². The van der Waals surface area contributed by atoms with Gasteiger partial charge in [-0.05, 0) is 35.7 Å². The Kier molecular flexibility index (Phi) is 8.35. The molecule has 10 heteroatoms. The summed E-state index contributed by atoms with van der Waals surface area (Å²) in [6, 6.07) is 14.8. The molecule has 3 aromatic rings. The van der Waals surface area contributed by atoms with E-state index in [1.165, 1.54) is 28.7 Å². The van der Waals surface area contributed by atoms with Crippen LogP contribution in [0.1, 0.15) is 25.1 Å². The van der Waals surface area contributed by atoms with Gasteiger partial charge in [0.15, 0.2) is 0 Å². The van der Waals surface area contributed by atoms with Crippen molar-refractivity contribution in [2.75, 3.05) is 6.54 Å². The molecule has 7 nitrogen and oxygen atoms in total. The normalized spacial score (nSPS) is 12.4. The Morgan fingerprint density at radius 3 is 2.41 bits per heavy atom. The maximum atomic E-state index is 13.3. The van der Waals surface area contributed by atoms with Crippen molar-refractivity contribution in [1.29, 1.82) is 0 Å². The van der Waals surface area contributed by atoms with Crippen LogP contribution in [0.15, 0.2) is 83.5 Å². The summed E-state index contributed by atoms with van der Waals surface area (Å²) in [5.74, 6) is -0.160. The molecule has 0 aliphatic rings. The highest BCUT2D eigenvalue weighted by Gasteiger charge is 2.28. The van der Waals surface area contributed by atoms with Crippen LogP contribution in [0.4, 0.5) is 0 Å². The van der Waals surface area contributed by atoms with Crippen LogP contribution in [-0.2, 0) is 38.7 Å². The molecular weight excluding hydrogens is 494 g/mol. The average molecular weight is 522 g/mol. The third-order valence-electron chi connectivity index (χ3n) is 5.03. The van der Waals surface area contributed by atoms with Gasteiger partial charge in [0.25, 0.3) is 0 Å². The minimum Gasteiger partial charge on any atom is -0.317 e. The summed E-state index contributed by atoms with van der Waals surface area (Å²) in [5, 5.41) is 0.358. The third-order valence-corrected chi connectivity index (χ3v) is 8.68. The zero-order valence-electron chi connectivity index (χ0n) is 19.1. The molecule has 0 fully saturated rings. The lowest BCUT2D eigenvalue weighted by molar-refractivity contribution is 0.406. The van der Waals surface area contributed by atoms with Crippen molar-refractivity contribution in [1.82, 2.24) is 13.9 Å². The summed E-state index contributed by atoms with van der Waals surface area (Å²) in [6.45, 7) is 7.98. The number of hydrogen-bond donors (Lipinski definition) is 0. The Morgan fingerprint density at radius 1 is 1.09 bits per heavy atom. The number of benzene rings is 2. The minimum absolute atomic E-state index is 0.0460. The number of halogens is 1. The lowest BCUT2D eigenvalue weighted by atomic mass is 10.2. The summed E-state index contributed by atoms with van der Waals surface area (Å²) in [6.07, 6.45) is 2.93. The molecule has 3 rings (SSSR count). The summed E-state index contributed by atoms with van der Waals surface area (Å²) in [4.78, 5) is 4.38. The van der Waals surface area contributed by atoms with E-state index in [4.69, 9.17) is 11.6 Å². The van der Waals surface area contributed by atoms with Gasteiger partial charge in [0.05, 0.1) is 29.1 Å². The Hall–Kier alpha value is -2.46. The molecule has 0 aliphatic heterocycles. The molecule has 0 N–H and O–H groups in total. The summed E-state index contributed by atoms with van der Waals surface area (Å²) >= 11 is 6.02. The molecule has 182 valence electrons. The second-order valence-electron chi connectivity index (χ2n) is 8.32. The Balaban J connectivity index is 2.00. The number of nitrogens with zero attached hydrogens (tertiary/aromatic N) is 3. The molecule has 0 amide bonds. The van der Waals surface area contributed by atoms with Crippen molar-refractivity contribution < 1.29 is 16.8 Å². The van der Waals surface area contributed by atoms with E-state index in [1.807, 2.05) is 13.8 Å². The highest BCUT2D eigenvalue weighted by molar-refractivity contribution is 7.90.